The van der Waals surface area contributed by atoms with Crippen LogP contribution >= 0.6 is 35.1 Å². The summed E-state index contributed by atoms with van der Waals surface area (Å²) in [7, 11) is 0. The van der Waals surface area contributed by atoms with E-state index in [1.807, 2.05) is 17.5 Å². The molecule has 2 aromatic heterocycles. The second kappa shape index (κ2) is 9.87. The zero-order valence-electron chi connectivity index (χ0n) is 14.4. The lowest BCUT2D eigenvalue weighted by Gasteiger charge is -2.24. The number of aliphatic carboxylic acids is 1. The second-order valence-corrected chi connectivity index (χ2v) is 7.65. The van der Waals surface area contributed by atoms with Gasteiger partial charge in [-0.25, -0.2) is 4.79 Å². The number of nitrogens with zero attached hydrogens (tertiary/aromatic N) is 2. The molecule has 26 heavy (non-hydrogen) atoms. The Morgan fingerprint density at radius 2 is 2.19 bits per heavy atom. The second-order valence-electron chi connectivity index (χ2n) is 5.78. The zero-order valence-corrected chi connectivity index (χ0v) is 16.8. The van der Waals surface area contributed by atoms with E-state index in [-0.39, 0.29) is 12.4 Å². The van der Waals surface area contributed by atoms with Crippen molar-refractivity contribution in [3.63, 3.8) is 0 Å². The van der Waals surface area contributed by atoms with Crippen LogP contribution in [0.3, 0.4) is 0 Å². The van der Waals surface area contributed by atoms with Crippen molar-refractivity contribution in [1.29, 1.82) is 0 Å². The van der Waals surface area contributed by atoms with Crippen LogP contribution in [0.2, 0.25) is 0 Å². The highest BCUT2D eigenvalue weighted by molar-refractivity contribution is 7.16. The first-order valence-corrected chi connectivity index (χ1v) is 9.84. The lowest BCUT2D eigenvalue weighted by Crippen LogP contribution is -2.34. The van der Waals surface area contributed by atoms with Crippen molar-refractivity contribution in [2.24, 2.45) is 5.16 Å². The van der Waals surface area contributed by atoms with Crippen molar-refractivity contribution in [2.45, 2.75) is 13.3 Å². The van der Waals surface area contributed by atoms with E-state index in [0.29, 0.717) is 25.3 Å². The average Bonchev–Trinajstić information content (AvgIpc) is 3.27. The SMILES string of the molecule is Cc1ccsc1/C(=N/OCCN1CCC=C(C(=O)O)C1)c1cccs1.Cl. The Morgan fingerprint density at radius 1 is 1.35 bits per heavy atom. The van der Waals surface area contributed by atoms with Crippen LogP contribution in [-0.2, 0) is 9.63 Å². The summed E-state index contributed by atoms with van der Waals surface area (Å²) in [5.41, 5.74) is 2.52. The fraction of sp³-hybridized carbons (Fsp3) is 0.333. The molecule has 1 aliphatic rings. The molecule has 1 aliphatic heterocycles. The van der Waals surface area contributed by atoms with Gasteiger partial charge in [0, 0.05) is 25.2 Å². The number of hydrogen-bond acceptors (Lipinski definition) is 6. The summed E-state index contributed by atoms with van der Waals surface area (Å²) in [4.78, 5) is 20.9. The molecular formula is C18H21ClN2O3S2. The highest BCUT2D eigenvalue weighted by atomic mass is 35.5. The molecule has 0 amide bonds. The number of halogens is 1. The Labute approximate surface area is 167 Å². The monoisotopic (exact) mass is 412 g/mol. The van der Waals surface area contributed by atoms with Crippen molar-refractivity contribution in [3.8, 4) is 0 Å². The molecule has 0 aliphatic carbocycles. The van der Waals surface area contributed by atoms with Gasteiger partial charge in [-0.3, -0.25) is 4.90 Å². The fourth-order valence-corrected chi connectivity index (χ4v) is 4.36. The Morgan fingerprint density at radius 3 is 2.85 bits per heavy atom. The molecule has 1 N–H and O–H groups in total. The number of aryl methyl sites for hydroxylation is 1. The molecule has 0 saturated carbocycles. The van der Waals surface area contributed by atoms with E-state index < -0.39 is 5.97 Å². The molecule has 0 atom stereocenters. The molecule has 0 fully saturated rings. The lowest BCUT2D eigenvalue weighted by atomic mass is 10.1. The van der Waals surface area contributed by atoms with Gasteiger partial charge in [-0.1, -0.05) is 17.3 Å². The van der Waals surface area contributed by atoms with Gasteiger partial charge in [0.1, 0.15) is 12.3 Å². The van der Waals surface area contributed by atoms with E-state index in [9.17, 15) is 4.79 Å². The van der Waals surface area contributed by atoms with E-state index in [1.165, 1.54) is 5.56 Å². The molecule has 0 aromatic carbocycles. The van der Waals surface area contributed by atoms with Crippen LogP contribution in [0.5, 0.6) is 0 Å². The summed E-state index contributed by atoms with van der Waals surface area (Å²) in [6, 6.07) is 6.13. The molecule has 0 unspecified atom stereocenters. The van der Waals surface area contributed by atoms with Gasteiger partial charge < -0.3 is 9.94 Å². The van der Waals surface area contributed by atoms with Gasteiger partial charge in [-0.15, -0.1) is 35.1 Å². The van der Waals surface area contributed by atoms with Crippen molar-refractivity contribution in [1.82, 2.24) is 4.90 Å². The van der Waals surface area contributed by atoms with E-state index in [4.69, 9.17) is 9.94 Å². The summed E-state index contributed by atoms with van der Waals surface area (Å²) < 4.78 is 0. The molecule has 0 spiro atoms. The topological polar surface area (TPSA) is 62.1 Å². The minimum Gasteiger partial charge on any atom is -0.478 e. The van der Waals surface area contributed by atoms with Gasteiger partial charge >= 0.3 is 5.97 Å². The average molecular weight is 413 g/mol. The maximum absolute atomic E-state index is 11.1. The molecule has 0 saturated heterocycles. The van der Waals surface area contributed by atoms with Gasteiger partial charge in [-0.2, -0.15) is 0 Å². The largest absolute Gasteiger partial charge is 0.478 e. The Hall–Kier alpha value is -1.67. The third-order valence-corrected chi connectivity index (χ3v) is 5.89. The number of thiophene rings is 2. The summed E-state index contributed by atoms with van der Waals surface area (Å²) in [5, 5.41) is 17.6. The van der Waals surface area contributed by atoms with Crippen molar-refractivity contribution < 1.29 is 14.7 Å². The van der Waals surface area contributed by atoms with Crippen LogP contribution in [0, 0.1) is 6.92 Å². The number of oxime groups is 1. The summed E-state index contributed by atoms with van der Waals surface area (Å²) >= 11 is 3.30. The van der Waals surface area contributed by atoms with Crippen LogP contribution in [0.25, 0.3) is 0 Å². The number of rotatable bonds is 7. The molecule has 3 rings (SSSR count). The van der Waals surface area contributed by atoms with E-state index in [2.05, 4.69) is 28.4 Å². The van der Waals surface area contributed by atoms with Crippen LogP contribution < -0.4 is 0 Å². The van der Waals surface area contributed by atoms with Crippen LogP contribution in [0.15, 0.2) is 45.8 Å². The van der Waals surface area contributed by atoms with Crippen LogP contribution in [-0.4, -0.2) is 47.9 Å². The summed E-state index contributed by atoms with van der Waals surface area (Å²) in [6.07, 6.45) is 2.56. The van der Waals surface area contributed by atoms with Crippen molar-refractivity contribution >= 4 is 46.8 Å². The normalized spacial score (nSPS) is 15.3. The minimum atomic E-state index is -0.836. The molecule has 3 heterocycles. The summed E-state index contributed by atoms with van der Waals surface area (Å²) in [5.74, 6) is -0.836. The van der Waals surface area contributed by atoms with Gasteiger partial charge in [-0.05, 0) is 41.8 Å². The van der Waals surface area contributed by atoms with E-state index in [1.54, 1.807) is 28.7 Å². The summed E-state index contributed by atoms with van der Waals surface area (Å²) in [6.45, 7) is 4.49. The predicted molar refractivity (Wildman–Crippen MR) is 109 cm³/mol. The maximum Gasteiger partial charge on any atom is 0.332 e. The van der Waals surface area contributed by atoms with Gasteiger partial charge in [0.25, 0.3) is 0 Å². The first kappa shape index (κ1) is 20.6. The fourth-order valence-electron chi connectivity index (χ4n) is 2.66. The predicted octanol–water partition coefficient (Wildman–Crippen LogP) is 4.03. The lowest BCUT2D eigenvalue weighted by molar-refractivity contribution is -0.133. The standard InChI is InChI=1S/C18H20N2O3S2.ClH/c1-13-6-11-25-17(13)16(15-5-3-10-24-15)19-23-9-8-20-7-2-4-14(12-20)18(21)22;/h3-6,10-11H,2,7-9,12H2,1H3,(H,21,22);1H/b19-16+;. The molecule has 0 bridgehead atoms. The third kappa shape index (κ3) is 5.17. The number of carbonyl (C=O) groups is 1. The Balaban J connectivity index is 0.00000243. The van der Waals surface area contributed by atoms with Gasteiger partial charge in [0.05, 0.1) is 9.75 Å². The number of hydrogen-bond donors (Lipinski definition) is 1. The minimum absolute atomic E-state index is 0. The molecule has 0 radical (unpaired) electrons. The van der Waals surface area contributed by atoms with Crippen LogP contribution in [0.1, 0.15) is 21.7 Å². The maximum atomic E-state index is 11.1. The first-order chi connectivity index (χ1) is 12.1. The smallest absolute Gasteiger partial charge is 0.332 e. The third-order valence-electron chi connectivity index (χ3n) is 3.99. The highest BCUT2D eigenvalue weighted by Gasteiger charge is 2.17. The Bertz CT molecular complexity index is 784. The van der Waals surface area contributed by atoms with Gasteiger partial charge in [0.2, 0.25) is 0 Å². The first-order valence-electron chi connectivity index (χ1n) is 8.08. The Kier molecular flexibility index (Phi) is 7.84. The molecule has 2 aromatic rings. The van der Waals surface area contributed by atoms with Gasteiger partial charge in [0.15, 0.2) is 0 Å². The quantitative estimate of drug-likeness (QED) is 0.423. The molecule has 5 nitrogen and oxygen atoms in total. The zero-order chi connectivity index (χ0) is 17.6. The van der Waals surface area contributed by atoms with Crippen molar-refractivity contribution in [2.75, 3.05) is 26.2 Å². The van der Waals surface area contributed by atoms with Crippen LogP contribution in [0.4, 0.5) is 0 Å². The highest BCUT2D eigenvalue weighted by Crippen LogP contribution is 2.23. The van der Waals surface area contributed by atoms with E-state index >= 15 is 0 Å². The number of carboxylic acid groups (broad SMARTS) is 1. The molecular weight excluding hydrogens is 392 g/mol. The number of carboxylic acids is 1. The van der Waals surface area contributed by atoms with E-state index in [0.717, 1.165) is 28.4 Å². The van der Waals surface area contributed by atoms with Crippen molar-refractivity contribution in [3.05, 3.63) is 55.9 Å². The molecule has 8 heteroatoms. The molecule has 140 valence electrons.